The van der Waals surface area contributed by atoms with Crippen LogP contribution in [0.25, 0.3) is 11.4 Å². The summed E-state index contributed by atoms with van der Waals surface area (Å²) in [6.07, 6.45) is -0.712. The largest absolute Gasteiger partial charge is 0.419 e. The van der Waals surface area contributed by atoms with Gasteiger partial charge < -0.3 is 10.2 Å². The van der Waals surface area contributed by atoms with Gasteiger partial charge in [0, 0.05) is 38.6 Å². The van der Waals surface area contributed by atoms with Crippen LogP contribution < -0.4 is 5.32 Å². The van der Waals surface area contributed by atoms with Gasteiger partial charge in [-0.15, -0.1) is 0 Å². The van der Waals surface area contributed by atoms with Crippen molar-refractivity contribution in [3.63, 3.8) is 0 Å². The third-order valence-electron chi connectivity index (χ3n) is 5.68. The molecule has 4 rings (SSSR count). The molecule has 2 unspecified atom stereocenters. The zero-order valence-corrected chi connectivity index (χ0v) is 19.0. The molecule has 3 aromatic rings. The maximum absolute atomic E-state index is 14.5. The Morgan fingerprint density at radius 1 is 1.14 bits per heavy atom. The third-order valence-corrected chi connectivity index (χ3v) is 5.68. The minimum absolute atomic E-state index is 0.0162. The van der Waals surface area contributed by atoms with Crippen molar-refractivity contribution in [1.82, 2.24) is 34.6 Å². The first-order valence-corrected chi connectivity index (χ1v) is 10.7. The van der Waals surface area contributed by atoms with E-state index in [4.69, 9.17) is 0 Å². The Kier molecular flexibility index (Phi) is 6.58. The number of rotatable bonds is 5. The van der Waals surface area contributed by atoms with Crippen molar-refractivity contribution in [2.24, 2.45) is 13.0 Å². The van der Waals surface area contributed by atoms with E-state index in [0.29, 0.717) is 12.4 Å². The molecule has 15 heteroatoms. The van der Waals surface area contributed by atoms with E-state index < -0.39 is 54.3 Å². The zero-order valence-electron chi connectivity index (χ0n) is 19.0. The van der Waals surface area contributed by atoms with Crippen LogP contribution in [0.3, 0.4) is 0 Å². The summed E-state index contributed by atoms with van der Waals surface area (Å²) in [5.41, 5.74) is -1.12. The fraction of sp³-hybridized carbons (Fsp3) is 0.429. The molecule has 2 atom stereocenters. The van der Waals surface area contributed by atoms with Gasteiger partial charge in [-0.3, -0.25) is 9.48 Å². The van der Waals surface area contributed by atoms with Crippen molar-refractivity contribution in [3.05, 3.63) is 48.1 Å². The topological polar surface area (TPSA) is 102 Å². The molecule has 0 aliphatic carbocycles. The number of piperidine rings is 1. The van der Waals surface area contributed by atoms with E-state index in [0.717, 1.165) is 17.3 Å². The lowest BCUT2D eigenvalue weighted by Gasteiger charge is -2.43. The van der Waals surface area contributed by atoms with Crippen molar-refractivity contribution >= 4 is 11.9 Å². The van der Waals surface area contributed by atoms with Gasteiger partial charge in [-0.1, -0.05) is 6.92 Å². The van der Waals surface area contributed by atoms with Gasteiger partial charge in [0.25, 0.3) is 11.8 Å². The van der Waals surface area contributed by atoms with Crippen LogP contribution in [0.2, 0.25) is 0 Å². The number of aromatic nitrogens is 6. The molecule has 0 aromatic carbocycles. The summed E-state index contributed by atoms with van der Waals surface area (Å²) in [4.78, 5) is 29.4. The lowest BCUT2D eigenvalue weighted by molar-refractivity contribution is -0.138. The number of aryl methyl sites for hydroxylation is 1. The second-order valence-electron chi connectivity index (χ2n) is 8.50. The van der Waals surface area contributed by atoms with Crippen molar-refractivity contribution in [2.75, 3.05) is 18.4 Å². The van der Waals surface area contributed by atoms with E-state index in [2.05, 4.69) is 30.4 Å². The first kappa shape index (κ1) is 25.3. The van der Waals surface area contributed by atoms with Crippen LogP contribution in [0.15, 0.2) is 31.0 Å². The molecule has 192 valence electrons. The summed E-state index contributed by atoms with van der Waals surface area (Å²) in [5, 5.41) is 6.82. The summed E-state index contributed by atoms with van der Waals surface area (Å²) >= 11 is 0. The van der Waals surface area contributed by atoms with Crippen LogP contribution >= 0.6 is 0 Å². The minimum Gasteiger partial charge on any atom is -0.352 e. The number of nitrogens with zero attached hydrogens (tertiary/aromatic N) is 7. The molecule has 4 heterocycles. The summed E-state index contributed by atoms with van der Waals surface area (Å²) in [7, 11) is 1.51. The average Bonchev–Trinajstić information content (AvgIpc) is 3.19. The lowest BCUT2D eigenvalue weighted by Crippen LogP contribution is -2.57. The Morgan fingerprint density at radius 2 is 1.78 bits per heavy atom. The van der Waals surface area contributed by atoms with Crippen LogP contribution in [0.1, 0.15) is 29.4 Å². The number of amides is 1. The Balaban J connectivity index is 1.60. The molecule has 1 N–H and O–H groups in total. The van der Waals surface area contributed by atoms with Gasteiger partial charge in [-0.25, -0.2) is 33.1 Å². The van der Waals surface area contributed by atoms with E-state index in [1.54, 1.807) is 0 Å². The number of nitrogens with one attached hydrogen (secondary N) is 1. The number of likely N-dealkylation sites (tertiary alicyclic amines) is 1. The highest BCUT2D eigenvalue weighted by molar-refractivity contribution is 5.98. The fourth-order valence-corrected chi connectivity index (χ4v) is 4.04. The molecule has 36 heavy (non-hydrogen) atoms. The number of halogens is 6. The van der Waals surface area contributed by atoms with Gasteiger partial charge in [0.05, 0.1) is 36.1 Å². The van der Waals surface area contributed by atoms with Crippen LogP contribution in [-0.4, -0.2) is 65.6 Å². The second kappa shape index (κ2) is 9.35. The van der Waals surface area contributed by atoms with Gasteiger partial charge in [-0.2, -0.15) is 18.3 Å². The molecule has 1 aliphatic heterocycles. The summed E-state index contributed by atoms with van der Waals surface area (Å²) in [6.45, 7) is 0.524. The fourth-order valence-electron chi connectivity index (χ4n) is 4.04. The standard InChI is InChI=1S/C21H20F6N8O/c1-11-3-20(23,24)10-35(15(11)8-32-19-30-4-12(5-31-19)21(25,26)27)18(36)16-14(9-34(2)33-16)17-28-6-13(22)7-29-17/h4-7,9,11,15H,3,8,10H2,1-2H3,(H,30,31,32). The molecule has 0 saturated carbocycles. The molecule has 1 aliphatic rings. The van der Waals surface area contributed by atoms with Gasteiger partial charge >= 0.3 is 6.18 Å². The van der Waals surface area contributed by atoms with Gasteiger partial charge in [0.15, 0.2) is 17.3 Å². The molecular weight excluding hydrogens is 494 g/mol. The third kappa shape index (κ3) is 5.39. The van der Waals surface area contributed by atoms with E-state index in [1.165, 1.54) is 24.9 Å². The van der Waals surface area contributed by atoms with E-state index >= 15 is 0 Å². The number of anilines is 1. The summed E-state index contributed by atoms with van der Waals surface area (Å²) < 4.78 is 81.8. The number of hydrogen-bond donors (Lipinski definition) is 1. The quantitative estimate of drug-likeness (QED) is 0.521. The molecular formula is C21H20F6N8O. The van der Waals surface area contributed by atoms with Crippen LogP contribution in [-0.2, 0) is 13.2 Å². The van der Waals surface area contributed by atoms with Gasteiger partial charge in [-0.05, 0) is 5.92 Å². The normalized spacial score (nSPS) is 19.8. The monoisotopic (exact) mass is 514 g/mol. The first-order valence-electron chi connectivity index (χ1n) is 10.7. The van der Waals surface area contributed by atoms with Crippen molar-refractivity contribution in [2.45, 2.75) is 31.5 Å². The Labute approximate surface area is 200 Å². The zero-order chi connectivity index (χ0) is 26.3. The van der Waals surface area contributed by atoms with Crippen LogP contribution in [0, 0.1) is 11.7 Å². The van der Waals surface area contributed by atoms with Crippen LogP contribution in [0.5, 0.6) is 0 Å². The lowest BCUT2D eigenvalue weighted by atomic mass is 9.88. The predicted octanol–water partition coefficient (Wildman–Crippen LogP) is 3.42. The maximum Gasteiger partial charge on any atom is 0.419 e. The van der Waals surface area contributed by atoms with Crippen molar-refractivity contribution in [1.29, 1.82) is 0 Å². The molecule has 1 saturated heterocycles. The van der Waals surface area contributed by atoms with Gasteiger partial charge in [0.2, 0.25) is 5.95 Å². The maximum atomic E-state index is 14.5. The number of alkyl halides is 5. The molecule has 3 aromatic heterocycles. The summed E-state index contributed by atoms with van der Waals surface area (Å²) in [6, 6.07) is -0.799. The molecule has 0 bridgehead atoms. The highest BCUT2D eigenvalue weighted by Gasteiger charge is 2.47. The van der Waals surface area contributed by atoms with E-state index in [-0.39, 0.29) is 29.6 Å². The SMILES string of the molecule is CC1CC(F)(F)CN(C(=O)c2nn(C)cc2-c2ncc(F)cn2)C1CNc1ncc(C(F)(F)F)cn1. The highest BCUT2D eigenvalue weighted by Crippen LogP contribution is 2.36. The van der Waals surface area contributed by atoms with Crippen molar-refractivity contribution in [3.8, 4) is 11.4 Å². The predicted molar refractivity (Wildman–Crippen MR) is 113 cm³/mol. The first-order chi connectivity index (χ1) is 16.8. The number of carbonyl (C=O) groups is 1. The highest BCUT2D eigenvalue weighted by atomic mass is 19.4. The second-order valence-corrected chi connectivity index (χ2v) is 8.50. The Bertz CT molecular complexity index is 1230. The Morgan fingerprint density at radius 3 is 2.39 bits per heavy atom. The van der Waals surface area contributed by atoms with Crippen molar-refractivity contribution < 1.29 is 31.1 Å². The van der Waals surface area contributed by atoms with Gasteiger partial charge in [0.1, 0.15) is 0 Å². The van der Waals surface area contributed by atoms with E-state index in [1.807, 2.05) is 0 Å². The smallest absolute Gasteiger partial charge is 0.352 e. The Hall–Kier alpha value is -3.78. The molecule has 0 spiro atoms. The van der Waals surface area contributed by atoms with E-state index in [9.17, 15) is 31.1 Å². The average molecular weight is 514 g/mol. The van der Waals surface area contributed by atoms with Crippen LogP contribution in [0.4, 0.5) is 32.3 Å². The molecule has 1 fully saturated rings. The molecule has 0 radical (unpaired) electrons. The minimum atomic E-state index is -4.61. The number of carbonyl (C=O) groups excluding carboxylic acids is 1. The molecule has 9 nitrogen and oxygen atoms in total. The molecule has 1 amide bonds. The number of hydrogen-bond acceptors (Lipinski definition) is 7. The summed E-state index contributed by atoms with van der Waals surface area (Å²) in [5.74, 6) is -5.58.